The molecule has 0 saturated heterocycles. The summed E-state index contributed by atoms with van der Waals surface area (Å²) in [4.78, 5) is 18.7. The van der Waals surface area contributed by atoms with Crippen LogP contribution in [0, 0.1) is 6.92 Å². The molecule has 2 heterocycles. The Bertz CT molecular complexity index is 1340. The number of hydrogen-bond acceptors (Lipinski definition) is 4. The van der Waals surface area contributed by atoms with Gasteiger partial charge in [0.2, 0.25) is 0 Å². The van der Waals surface area contributed by atoms with Crippen LogP contribution in [-0.2, 0) is 18.5 Å². The summed E-state index contributed by atoms with van der Waals surface area (Å²) in [6.45, 7) is 6.00. The minimum atomic E-state index is -4.40. The van der Waals surface area contributed by atoms with E-state index in [1.165, 1.54) is 33.7 Å². The van der Waals surface area contributed by atoms with Crippen molar-refractivity contribution in [3.63, 3.8) is 0 Å². The minimum absolute atomic E-state index is 0.182. The number of rotatable bonds is 6. The second kappa shape index (κ2) is 8.96. The first-order valence-electron chi connectivity index (χ1n) is 9.77. The molecule has 0 radical (unpaired) electrons. The number of fused-ring (bicyclic) bond motifs is 1. The number of halogens is 3. The van der Waals surface area contributed by atoms with Crippen molar-refractivity contribution in [2.24, 2.45) is 0 Å². The number of thiophene rings is 1. The molecule has 0 aliphatic carbocycles. The fourth-order valence-electron chi connectivity index (χ4n) is 3.34. The predicted octanol–water partition coefficient (Wildman–Crippen LogP) is 6.93. The highest BCUT2D eigenvalue weighted by molar-refractivity contribution is 7.98. The van der Waals surface area contributed by atoms with Gasteiger partial charge in [0.1, 0.15) is 4.83 Å². The van der Waals surface area contributed by atoms with E-state index in [4.69, 9.17) is 0 Å². The molecule has 0 N–H and O–H groups in total. The van der Waals surface area contributed by atoms with Crippen molar-refractivity contribution >= 4 is 33.3 Å². The number of allylic oxidation sites excluding steroid dienone is 1. The summed E-state index contributed by atoms with van der Waals surface area (Å²) in [5.74, 6) is 0.259. The zero-order valence-corrected chi connectivity index (χ0v) is 18.8. The second-order valence-electron chi connectivity index (χ2n) is 7.28. The highest BCUT2D eigenvalue weighted by atomic mass is 32.2. The first-order chi connectivity index (χ1) is 15.3. The summed E-state index contributed by atoms with van der Waals surface area (Å²) in [5, 5.41) is 2.92. The van der Waals surface area contributed by atoms with Crippen LogP contribution in [-0.4, -0.2) is 9.55 Å². The van der Waals surface area contributed by atoms with E-state index in [1.54, 1.807) is 12.1 Å². The molecule has 8 heteroatoms. The van der Waals surface area contributed by atoms with Crippen molar-refractivity contribution in [1.82, 2.24) is 9.55 Å². The molecule has 3 nitrogen and oxygen atoms in total. The molecule has 32 heavy (non-hydrogen) atoms. The average Bonchev–Trinajstić information content (AvgIpc) is 3.19. The fourth-order valence-corrected chi connectivity index (χ4v) is 5.28. The summed E-state index contributed by atoms with van der Waals surface area (Å²) in [6.07, 6.45) is -2.78. The molecule has 0 spiro atoms. The number of benzene rings is 2. The topological polar surface area (TPSA) is 34.9 Å². The van der Waals surface area contributed by atoms with Crippen LogP contribution >= 0.6 is 23.1 Å². The molecule has 164 valence electrons. The van der Waals surface area contributed by atoms with E-state index < -0.39 is 11.7 Å². The van der Waals surface area contributed by atoms with Crippen molar-refractivity contribution in [2.75, 3.05) is 0 Å². The molecule has 0 amide bonds. The molecule has 0 aliphatic heterocycles. The number of alkyl halides is 3. The lowest BCUT2D eigenvalue weighted by Gasteiger charge is -2.12. The van der Waals surface area contributed by atoms with Gasteiger partial charge in [0.15, 0.2) is 5.16 Å². The van der Waals surface area contributed by atoms with Gasteiger partial charge < -0.3 is 0 Å². The van der Waals surface area contributed by atoms with Crippen LogP contribution in [0.2, 0.25) is 0 Å². The molecule has 2 aromatic carbocycles. The number of nitrogens with zero attached hydrogens (tertiary/aromatic N) is 2. The monoisotopic (exact) mass is 472 g/mol. The lowest BCUT2D eigenvalue weighted by molar-refractivity contribution is -0.137. The third kappa shape index (κ3) is 4.52. The summed E-state index contributed by atoms with van der Waals surface area (Å²) < 4.78 is 40.6. The maximum absolute atomic E-state index is 13.4. The second-order valence-corrected chi connectivity index (χ2v) is 9.08. The SMILES string of the molecule is C=CCn1c(SCc2cccc(C(F)(F)F)c2)nc2scc(-c3ccc(C)cc3)c2c1=O. The van der Waals surface area contributed by atoms with E-state index >= 15 is 0 Å². The standard InChI is InChI=1S/C24H19F3N2OS2/c1-3-11-29-22(30)20-19(17-9-7-15(2)8-10-17)14-31-21(20)28-23(29)32-13-16-5-4-6-18(12-16)24(25,26)27/h3-10,12,14H,1,11,13H2,2H3. The van der Waals surface area contributed by atoms with Crippen molar-refractivity contribution in [3.05, 3.63) is 93.6 Å². The van der Waals surface area contributed by atoms with E-state index in [0.717, 1.165) is 28.8 Å². The van der Waals surface area contributed by atoms with Crippen LogP contribution in [0.15, 0.2) is 76.5 Å². The van der Waals surface area contributed by atoms with Gasteiger partial charge in [-0.15, -0.1) is 17.9 Å². The molecule has 0 aliphatic rings. The maximum Gasteiger partial charge on any atom is 0.416 e. The van der Waals surface area contributed by atoms with Crippen molar-refractivity contribution in [3.8, 4) is 11.1 Å². The molecule has 0 fully saturated rings. The van der Waals surface area contributed by atoms with Gasteiger partial charge >= 0.3 is 6.18 Å². The smallest absolute Gasteiger partial charge is 0.283 e. The fraction of sp³-hybridized carbons (Fsp3) is 0.167. The van der Waals surface area contributed by atoms with Gasteiger partial charge in [-0.05, 0) is 24.1 Å². The molecular weight excluding hydrogens is 453 g/mol. The van der Waals surface area contributed by atoms with Gasteiger partial charge in [0.25, 0.3) is 5.56 Å². The Hall–Kier alpha value is -2.84. The van der Waals surface area contributed by atoms with Crippen molar-refractivity contribution < 1.29 is 13.2 Å². The summed E-state index contributed by atoms with van der Waals surface area (Å²) in [7, 11) is 0. The van der Waals surface area contributed by atoms with Gasteiger partial charge in [0.05, 0.1) is 10.9 Å². The average molecular weight is 473 g/mol. The van der Waals surface area contributed by atoms with Crippen LogP contribution in [0.25, 0.3) is 21.3 Å². The van der Waals surface area contributed by atoms with Crippen LogP contribution in [0.5, 0.6) is 0 Å². The first kappa shape index (κ1) is 22.4. The molecule has 4 aromatic rings. The largest absolute Gasteiger partial charge is 0.416 e. The van der Waals surface area contributed by atoms with E-state index in [0.29, 0.717) is 20.9 Å². The van der Waals surface area contributed by atoms with Gasteiger partial charge in [-0.25, -0.2) is 4.98 Å². The van der Waals surface area contributed by atoms with Crippen molar-refractivity contribution in [2.45, 2.75) is 30.6 Å². The van der Waals surface area contributed by atoms with Crippen LogP contribution < -0.4 is 5.56 Å². The van der Waals surface area contributed by atoms with E-state index in [2.05, 4.69) is 11.6 Å². The van der Waals surface area contributed by atoms with Gasteiger partial charge in [-0.1, -0.05) is 65.9 Å². The van der Waals surface area contributed by atoms with E-state index in [9.17, 15) is 18.0 Å². The third-order valence-corrected chi connectivity index (χ3v) is 6.87. The van der Waals surface area contributed by atoms with Crippen LogP contribution in [0.3, 0.4) is 0 Å². The molecule has 2 aromatic heterocycles. The number of thioether (sulfide) groups is 1. The summed E-state index contributed by atoms with van der Waals surface area (Å²) in [5.41, 5.74) is 2.53. The molecule has 4 rings (SSSR count). The van der Waals surface area contributed by atoms with E-state index in [1.807, 2.05) is 36.6 Å². The van der Waals surface area contributed by atoms with Crippen LogP contribution in [0.4, 0.5) is 13.2 Å². The maximum atomic E-state index is 13.4. The predicted molar refractivity (Wildman–Crippen MR) is 125 cm³/mol. The Labute approximate surface area is 191 Å². The highest BCUT2D eigenvalue weighted by Gasteiger charge is 2.30. The molecule has 0 atom stereocenters. The van der Waals surface area contributed by atoms with Gasteiger partial charge in [-0.3, -0.25) is 9.36 Å². The first-order valence-corrected chi connectivity index (χ1v) is 11.6. The Morgan fingerprint density at radius 3 is 2.62 bits per heavy atom. The molecule has 0 unspecified atom stereocenters. The molecule has 0 saturated carbocycles. The Kier molecular flexibility index (Phi) is 6.26. The number of aryl methyl sites for hydroxylation is 1. The Morgan fingerprint density at radius 2 is 1.94 bits per heavy atom. The van der Waals surface area contributed by atoms with E-state index in [-0.39, 0.29) is 17.9 Å². The Balaban J connectivity index is 1.72. The Morgan fingerprint density at radius 1 is 1.19 bits per heavy atom. The minimum Gasteiger partial charge on any atom is -0.283 e. The van der Waals surface area contributed by atoms with Gasteiger partial charge in [-0.2, -0.15) is 13.2 Å². The normalized spacial score (nSPS) is 11.8. The lowest BCUT2D eigenvalue weighted by atomic mass is 10.1. The summed E-state index contributed by atoms with van der Waals surface area (Å²) >= 11 is 2.62. The van der Waals surface area contributed by atoms with Crippen molar-refractivity contribution in [1.29, 1.82) is 0 Å². The highest BCUT2D eigenvalue weighted by Crippen LogP contribution is 2.34. The zero-order chi connectivity index (χ0) is 22.9. The number of aromatic nitrogens is 2. The van der Waals surface area contributed by atoms with Crippen LogP contribution in [0.1, 0.15) is 16.7 Å². The number of hydrogen-bond donors (Lipinski definition) is 0. The lowest BCUT2D eigenvalue weighted by Crippen LogP contribution is -2.22. The quantitative estimate of drug-likeness (QED) is 0.173. The summed E-state index contributed by atoms with van der Waals surface area (Å²) in [6, 6.07) is 13.1. The van der Waals surface area contributed by atoms with Gasteiger partial charge in [0, 0.05) is 23.2 Å². The molecule has 0 bridgehead atoms. The zero-order valence-electron chi connectivity index (χ0n) is 17.1. The molecular formula is C24H19F3N2OS2. The third-order valence-electron chi connectivity index (χ3n) is 4.96.